The lowest BCUT2D eigenvalue weighted by atomic mass is 10.1. The van der Waals surface area contributed by atoms with Crippen LogP contribution >= 0.6 is 0 Å². The van der Waals surface area contributed by atoms with E-state index in [1.54, 1.807) is 18.2 Å². The molecule has 4 rings (SSSR count). The average Bonchev–Trinajstić information content (AvgIpc) is 2.88. The minimum Gasteiger partial charge on any atom is -0.378 e. The molecule has 1 unspecified atom stereocenters. The van der Waals surface area contributed by atoms with E-state index < -0.39 is 39.7 Å². The van der Waals surface area contributed by atoms with Crippen LogP contribution in [0.25, 0.3) is 0 Å². The summed E-state index contributed by atoms with van der Waals surface area (Å²) in [6, 6.07) is 9.88. The van der Waals surface area contributed by atoms with Crippen LogP contribution in [0.5, 0.6) is 0 Å². The van der Waals surface area contributed by atoms with Gasteiger partial charge in [-0.2, -0.15) is 17.5 Å². The van der Waals surface area contributed by atoms with Crippen LogP contribution in [-0.4, -0.2) is 86.4 Å². The molecule has 2 aliphatic heterocycles. The van der Waals surface area contributed by atoms with Gasteiger partial charge in [0.15, 0.2) is 0 Å². The van der Waals surface area contributed by atoms with Crippen LogP contribution in [0.4, 0.5) is 23.7 Å². The Hall–Kier alpha value is -3.16. The lowest BCUT2D eigenvalue weighted by Crippen LogP contribution is -2.63. The number of carbonyl (C=O) groups is 2. The summed E-state index contributed by atoms with van der Waals surface area (Å²) in [5.74, 6) is -0.440. The van der Waals surface area contributed by atoms with Crippen molar-refractivity contribution in [2.24, 2.45) is 0 Å². The number of morpholine rings is 1. The Balaban J connectivity index is 1.54. The van der Waals surface area contributed by atoms with E-state index in [1.807, 2.05) is 0 Å². The fraction of sp³-hybridized carbons (Fsp3) is 0.391. The molecule has 36 heavy (non-hydrogen) atoms. The Bertz CT molecular complexity index is 1190. The van der Waals surface area contributed by atoms with Crippen LogP contribution in [0.2, 0.25) is 0 Å². The van der Waals surface area contributed by atoms with Crippen LogP contribution in [0.3, 0.4) is 0 Å². The fourth-order valence-corrected chi connectivity index (χ4v) is 5.69. The highest BCUT2D eigenvalue weighted by atomic mass is 32.2. The molecule has 0 aromatic heterocycles. The summed E-state index contributed by atoms with van der Waals surface area (Å²) in [6.45, 7) is 0.890. The van der Waals surface area contributed by atoms with Crippen LogP contribution in [-0.2, 0) is 25.7 Å². The number of carbonyl (C=O) groups excluding carboxylic acids is 2. The Morgan fingerprint density at radius 2 is 1.53 bits per heavy atom. The zero-order valence-electron chi connectivity index (χ0n) is 19.1. The minimum atomic E-state index is -4.50. The van der Waals surface area contributed by atoms with Crippen molar-refractivity contribution in [3.05, 3.63) is 60.2 Å². The highest BCUT2D eigenvalue weighted by molar-refractivity contribution is 7.89. The molecule has 2 aliphatic rings. The van der Waals surface area contributed by atoms with E-state index in [9.17, 15) is 31.2 Å². The molecule has 2 saturated heterocycles. The number of alkyl halides is 3. The third kappa shape index (κ3) is 5.63. The monoisotopic (exact) mass is 526 g/mol. The van der Waals surface area contributed by atoms with E-state index in [-0.39, 0.29) is 30.2 Å². The van der Waals surface area contributed by atoms with Crippen LogP contribution < -0.4 is 5.32 Å². The topological polar surface area (TPSA) is 99.3 Å². The van der Waals surface area contributed by atoms with E-state index in [0.29, 0.717) is 26.3 Å². The van der Waals surface area contributed by atoms with Crippen LogP contribution in [0, 0.1) is 0 Å². The second-order valence-corrected chi connectivity index (χ2v) is 10.2. The number of rotatable bonds is 4. The molecule has 1 N–H and O–H groups in total. The van der Waals surface area contributed by atoms with Crippen molar-refractivity contribution in [2.45, 2.75) is 17.1 Å². The van der Waals surface area contributed by atoms with Gasteiger partial charge in [0.1, 0.15) is 6.04 Å². The summed E-state index contributed by atoms with van der Waals surface area (Å²) in [6.07, 6.45) is -4.50. The number of urea groups is 1. The molecule has 3 amide bonds. The van der Waals surface area contributed by atoms with Crippen molar-refractivity contribution >= 4 is 27.6 Å². The molecule has 2 aromatic rings. The van der Waals surface area contributed by atoms with E-state index in [0.717, 1.165) is 28.6 Å². The van der Waals surface area contributed by atoms with Gasteiger partial charge in [-0.15, -0.1) is 0 Å². The molecule has 0 saturated carbocycles. The van der Waals surface area contributed by atoms with E-state index in [1.165, 1.54) is 21.9 Å². The predicted molar refractivity (Wildman–Crippen MR) is 124 cm³/mol. The maximum absolute atomic E-state index is 13.4. The molecule has 9 nitrogen and oxygen atoms in total. The summed E-state index contributed by atoms with van der Waals surface area (Å²) in [7, 11) is -4.03. The van der Waals surface area contributed by atoms with Gasteiger partial charge in [-0.05, 0) is 36.4 Å². The zero-order valence-corrected chi connectivity index (χ0v) is 20.0. The van der Waals surface area contributed by atoms with Gasteiger partial charge in [0, 0.05) is 38.4 Å². The third-order valence-corrected chi connectivity index (χ3v) is 7.96. The maximum Gasteiger partial charge on any atom is 0.416 e. The van der Waals surface area contributed by atoms with Gasteiger partial charge in [0.05, 0.1) is 23.7 Å². The first kappa shape index (κ1) is 25.9. The van der Waals surface area contributed by atoms with E-state index in [4.69, 9.17) is 4.74 Å². The number of nitrogens with one attached hydrogen (secondary N) is 1. The summed E-state index contributed by atoms with van der Waals surface area (Å²) in [4.78, 5) is 29.1. The first-order valence-electron chi connectivity index (χ1n) is 11.2. The second kappa shape index (κ2) is 10.4. The molecular weight excluding hydrogens is 501 g/mol. The second-order valence-electron chi connectivity index (χ2n) is 8.33. The fourth-order valence-electron chi connectivity index (χ4n) is 4.11. The Kier molecular flexibility index (Phi) is 7.52. The average molecular weight is 527 g/mol. The molecular formula is C23H25F3N4O5S. The number of sulfonamides is 1. The van der Waals surface area contributed by atoms with Crippen LogP contribution in [0.1, 0.15) is 5.56 Å². The van der Waals surface area contributed by atoms with Gasteiger partial charge in [-0.25, -0.2) is 13.2 Å². The Labute approximate surface area is 206 Å². The number of nitrogens with zero attached hydrogens (tertiary/aromatic N) is 3. The Morgan fingerprint density at radius 3 is 2.14 bits per heavy atom. The molecule has 194 valence electrons. The number of amides is 3. The lowest BCUT2D eigenvalue weighted by molar-refractivity contribution is -0.140. The quantitative estimate of drug-likeness (QED) is 0.660. The first-order valence-corrected chi connectivity index (χ1v) is 12.7. The molecule has 2 fully saturated rings. The first-order chi connectivity index (χ1) is 17.1. The number of benzene rings is 2. The largest absolute Gasteiger partial charge is 0.416 e. The third-order valence-electron chi connectivity index (χ3n) is 6.04. The van der Waals surface area contributed by atoms with Crippen molar-refractivity contribution in [3.8, 4) is 0 Å². The van der Waals surface area contributed by atoms with Gasteiger partial charge < -0.3 is 19.9 Å². The minimum absolute atomic E-state index is 0.00851. The van der Waals surface area contributed by atoms with Crippen molar-refractivity contribution < 1.29 is 35.9 Å². The standard InChI is InChI=1S/C23H25F3N4O5S/c24-23(25,26)17-6-8-18(9-7-17)27-22(32)29-10-11-30(36(33,34)19-4-2-1-3-5-19)20(16-29)21(31)28-12-14-35-15-13-28/h1-9,20H,10-16H2,(H,27,32). The maximum atomic E-state index is 13.4. The molecule has 0 spiro atoms. The lowest BCUT2D eigenvalue weighted by Gasteiger charge is -2.41. The molecule has 0 radical (unpaired) electrons. The number of hydrogen-bond donors (Lipinski definition) is 1. The normalized spacial score (nSPS) is 19.7. The summed E-state index contributed by atoms with van der Waals surface area (Å²) < 4.78 is 71.6. The van der Waals surface area contributed by atoms with Gasteiger partial charge in [0.25, 0.3) is 0 Å². The highest BCUT2D eigenvalue weighted by Crippen LogP contribution is 2.30. The number of piperazine rings is 1. The van der Waals surface area contributed by atoms with Gasteiger partial charge in [-0.1, -0.05) is 18.2 Å². The van der Waals surface area contributed by atoms with Crippen molar-refractivity contribution in [3.63, 3.8) is 0 Å². The summed E-state index contributed by atoms with van der Waals surface area (Å²) >= 11 is 0. The van der Waals surface area contributed by atoms with Gasteiger partial charge in [0.2, 0.25) is 15.9 Å². The highest BCUT2D eigenvalue weighted by Gasteiger charge is 2.43. The summed E-state index contributed by atoms with van der Waals surface area (Å²) in [5, 5.41) is 2.52. The van der Waals surface area contributed by atoms with Crippen molar-refractivity contribution in [1.82, 2.24) is 14.1 Å². The van der Waals surface area contributed by atoms with Gasteiger partial charge in [-0.3, -0.25) is 4.79 Å². The van der Waals surface area contributed by atoms with Crippen molar-refractivity contribution in [1.29, 1.82) is 0 Å². The number of hydrogen-bond acceptors (Lipinski definition) is 5. The molecule has 13 heteroatoms. The van der Waals surface area contributed by atoms with Crippen LogP contribution in [0.15, 0.2) is 59.5 Å². The number of halogens is 3. The Morgan fingerprint density at radius 1 is 0.889 bits per heavy atom. The molecule has 1 atom stereocenters. The predicted octanol–water partition coefficient (Wildman–Crippen LogP) is 2.47. The zero-order chi connectivity index (χ0) is 25.9. The molecule has 2 heterocycles. The SMILES string of the molecule is O=C(Nc1ccc(C(F)(F)F)cc1)N1CCN(S(=O)(=O)c2ccccc2)C(C(=O)N2CCOCC2)C1. The smallest absolute Gasteiger partial charge is 0.378 e. The summed E-state index contributed by atoms with van der Waals surface area (Å²) in [5.41, 5.74) is -0.709. The van der Waals surface area contributed by atoms with Crippen molar-refractivity contribution in [2.75, 3.05) is 51.3 Å². The number of ether oxygens (including phenoxy) is 1. The van der Waals surface area contributed by atoms with E-state index in [2.05, 4.69) is 5.32 Å². The number of anilines is 1. The molecule has 0 aliphatic carbocycles. The molecule has 0 bridgehead atoms. The van der Waals surface area contributed by atoms with Gasteiger partial charge >= 0.3 is 12.2 Å². The molecule has 2 aromatic carbocycles. The van der Waals surface area contributed by atoms with E-state index >= 15 is 0 Å².